The van der Waals surface area contributed by atoms with Gasteiger partial charge in [-0.05, 0) is 38.8 Å². The Labute approximate surface area is 108 Å². The van der Waals surface area contributed by atoms with Crippen molar-refractivity contribution in [2.75, 3.05) is 33.7 Å². The molecule has 0 aromatic carbocycles. The van der Waals surface area contributed by atoms with Crippen LogP contribution in [-0.4, -0.2) is 60.5 Å². The topological polar surface area (TPSA) is 60.9 Å². The number of nitrogens with zero attached hydrogens (tertiary/aromatic N) is 2. The third-order valence-electron chi connectivity index (χ3n) is 3.34. The first-order valence-corrected chi connectivity index (χ1v) is 6.33. The Morgan fingerprint density at radius 1 is 1.44 bits per heavy atom. The average molecular weight is 254 g/mol. The lowest BCUT2D eigenvalue weighted by atomic mass is 9.95. The second kappa shape index (κ2) is 7.16. The second-order valence-corrected chi connectivity index (χ2v) is 4.99. The van der Waals surface area contributed by atoms with Crippen molar-refractivity contribution in [2.24, 2.45) is 5.92 Å². The van der Waals surface area contributed by atoms with Gasteiger partial charge in [-0.3, -0.25) is 4.79 Å². The molecule has 0 aliphatic carbocycles. The van der Waals surface area contributed by atoms with E-state index in [1.807, 2.05) is 0 Å². The van der Waals surface area contributed by atoms with Gasteiger partial charge >= 0.3 is 5.97 Å². The van der Waals surface area contributed by atoms with Crippen molar-refractivity contribution in [1.82, 2.24) is 9.80 Å². The minimum Gasteiger partial charge on any atom is -0.478 e. The van der Waals surface area contributed by atoms with Crippen LogP contribution < -0.4 is 0 Å². The highest BCUT2D eigenvalue weighted by Gasteiger charge is 2.18. The fraction of sp³-hybridized carbons (Fsp3) is 0.692. The van der Waals surface area contributed by atoms with Crippen LogP contribution >= 0.6 is 0 Å². The van der Waals surface area contributed by atoms with Crippen molar-refractivity contribution in [3.05, 3.63) is 12.2 Å². The van der Waals surface area contributed by atoms with Crippen molar-refractivity contribution in [2.45, 2.75) is 19.3 Å². The third-order valence-corrected chi connectivity index (χ3v) is 3.34. The second-order valence-electron chi connectivity index (χ2n) is 4.99. The van der Waals surface area contributed by atoms with Gasteiger partial charge in [0.05, 0.1) is 0 Å². The smallest absolute Gasteiger partial charge is 0.328 e. The molecule has 5 heteroatoms. The molecule has 102 valence electrons. The number of aliphatic carboxylic acids is 1. The molecule has 1 N–H and O–H groups in total. The molecular formula is C13H22N2O3. The first-order valence-electron chi connectivity index (χ1n) is 6.33. The minimum absolute atomic E-state index is 0.249. The largest absolute Gasteiger partial charge is 0.478 e. The SMILES string of the molecule is CN1CCCC(CCN(C)C(=O)/C=C/C(=O)O)C1. The quantitative estimate of drug-likeness (QED) is 0.738. The molecule has 1 amide bonds. The Hall–Kier alpha value is -1.36. The van der Waals surface area contributed by atoms with Gasteiger partial charge in [0, 0.05) is 32.3 Å². The van der Waals surface area contributed by atoms with Gasteiger partial charge in [0.1, 0.15) is 0 Å². The summed E-state index contributed by atoms with van der Waals surface area (Å²) in [6.45, 7) is 2.93. The number of carboxylic acid groups (broad SMARTS) is 1. The van der Waals surface area contributed by atoms with Crippen LogP contribution in [0.2, 0.25) is 0 Å². The summed E-state index contributed by atoms with van der Waals surface area (Å²) in [5.41, 5.74) is 0. The van der Waals surface area contributed by atoms with Crippen molar-refractivity contribution in [3.8, 4) is 0 Å². The Bertz CT molecular complexity index is 328. The molecule has 0 bridgehead atoms. The van der Waals surface area contributed by atoms with Crippen molar-refractivity contribution in [3.63, 3.8) is 0 Å². The van der Waals surface area contributed by atoms with Gasteiger partial charge in [-0.1, -0.05) is 0 Å². The lowest BCUT2D eigenvalue weighted by Crippen LogP contribution is -2.35. The highest BCUT2D eigenvalue weighted by molar-refractivity contribution is 5.93. The molecule has 0 spiro atoms. The third kappa shape index (κ3) is 5.31. The van der Waals surface area contributed by atoms with Crippen LogP contribution in [0.5, 0.6) is 0 Å². The molecule has 5 nitrogen and oxygen atoms in total. The Morgan fingerprint density at radius 3 is 2.78 bits per heavy atom. The maximum Gasteiger partial charge on any atom is 0.328 e. The number of carboxylic acids is 1. The van der Waals surface area contributed by atoms with E-state index in [2.05, 4.69) is 11.9 Å². The van der Waals surface area contributed by atoms with Gasteiger partial charge in [0.25, 0.3) is 0 Å². The molecule has 18 heavy (non-hydrogen) atoms. The number of hydrogen-bond donors (Lipinski definition) is 1. The number of hydrogen-bond acceptors (Lipinski definition) is 3. The van der Waals surface area contributed by atoms with Crippen LogP contribution in [0.15, 0.2) is 12.2 Å². The van der Waals surface area contributed by atoms with Crippen LogP contribution in [0.3, 0.4) is 0 Å². The number of piperidine rings is 1. The number of rotatable bonds is 5. The Balaban J connectivity index is 2.29. The number of amides is 1. The van der Waals surface area contributed by atoms with Crippen LogP contribution in [0.25, 0.3) is 0 Å². The van der Waals surface area contributed by atoms with Crippen LogP contribution in [-0.2, 0) is 9.59 Å². The minimum atomic E-state index is -1.09. The van der Waals surface area contributed by atoms with Gasteiger partial charge in [-0.15, -0.1) is 0 Å². The van der Waals surface area contributed by atoms with E-state index in [0.717, 1.165) is 31.7 Å². The van der Waals surface area contributed by atoms with Crippen molar-refractivity contribution < 1.29 is 14.7 Å². The normalized spacial score (nSPS) is 21.1. The summed E-state index contributed by atoms with van der Waals surface area (Å²) in [6.07, 6.45) is 5.41. The zero-order valence-electron chi connectivity index (χ0n) is 11.1. The summed E-state index contributed by atoms with van der Waals surface area (Å²) in [4.78, 5) is 25.8. The molecule has 0 saturated carbocycles. The van der Waals surface area contributed by atoms with Crippen LogP contribution in [0.4, 0.5) is 0 Å². The molecule has 1 unspecified atom stereocenters. The van der Waals surface area contributed by atoms with E-state index in [1.54, 1.807) is 11.9 Å². The molecule has 0 radical (unpaired) electrons. The molecule has 1 rings (SSSR count). The Morgan fingerprint density at radius 2 is 2.17 bits per heavy atom. The average Bonchev–Trinajstić information content (AvgIpc) is 2.33. The lowest BCUT2D eigenvalue weighted by Gasteiger charge is -2.30. The fourth-order valence-corrected chi connectivity index (χ4v) is 2.27. The van der Waals surface area contributed by atoms with E-state index in [4.69, 9.17) is 5.11 Å². The number of carbonyl (C=O) groups is 2. The molecule has 1 heterocycles. The van der Waals surface area contributed by atoms with Crippen molar-refractivity contribution >= 4 is 11.9 Å². The van der Waals surface area contributed by atoms with E-state index in [1.165, 1.54) is 12.8 Å². The van der Waals surface area contributed by atoms with Crippen LogP contribution in [0, 0.1) is 5.92 Å². The van der Waals surface area contributed by atoms with E-state index >= 15 is 0 Å². The molecule has 1 aliphatic heterocycles. The summed E-state index contributed by atoms with van der Waals surface area (Å²) < 4.78 is 0. The monoisotopic (exact) mass is 254 g/mol. The van der Waals surface area contributed by atoms with E-state index < -0.39 is 5.97 Å². The molecule has 1 fully saturated rings. The van der Waals surface area contributed by atoms with Gasteiger partial charge < -0.3 is 14.9 Å². The van der Waals surface area contributed by atoms with E-state index in [-0.39, 0.29) is 5.91 Å². The fourth-order valence-electron chi connectivity index (χ4n) is 2.27. The number of carbonyl (C=O) groups excluding carboxylic acids is 1. The summed E-state index contributed by atoms with van der Waals surface area (Å²) in [5, 5.41) is 8.44. The molecule has 0 aromatic heterocycles. The van der Waals surface area contributed by atoms with Gasteiger partial charge in [0.15, 0.2) is 0 Å². The predicted molar refractivity (Wildman–Crippen MR) is 69.3 cm³/mol. The summed E-state index contributed by atoms with van der Waals surface area (Å²) >= 11 is 0. The molecular weight excluding hydrogens is 232 g/mol. The molecule has 1 atom stereocenters. The lowest BCUT2D eigenvalue weighted by molar-refractivity contribution is -0.132. The zero-order valence-corrected chi connectivity index (χ0v) is 11.1. The molecule has 0 aromatic rings. The predicted octanol–water partition coefficient (Wildman–Crippen LogP) is 0.818. The number of likely N-dealkylation sites (tertiary alicyclic amines) is 1. The number of likely N-dealkylation sites (N-methyl/N-ethyl adjacent to an activating group) is 1. The molecule has 1 aliphatic rings. The van der Waals surface area contributed by atoms with E-state index in [0.29, 0.717) is 12.5 Å². The highest BCUT2D eigenvalue weighted by atomic mass is 16.4. The van der Waals surface area contributed by atoms with Gasteiger partial charge in [0.2, 0.25) is 5.91 Å². The standard InChI is InChI=1S/C13H22N2O3/c1-14-8-3-4-11(10-14)7-9-15(2)12(16)5-6-13(17)18/h5-6,11H,3-4,7-10H2,1-2H3,(H,17,18)/b6-5+. The maximum absolute atomic E-state index is 11.5. The van der Waals surface area contributed by atoms with Gasteiger partial charge in [-0.2, -0.15) is 0 Å². The molecule has 1 saturated heterocycles. The zero-order chi connectivity index (χ0) is 13.5. The highest BCUT2D eigenvalue weighted by Crippen LogP contribution is 2.18. The Kier molecular flexibility index (Phi) is 5.85. The van der Waals surface area contributed by atoms with Gasteiger partial charge in [-0.25, -0.2) is 4.79 Å². The summed E-state index contributed by atoms with van der Waals surface area (Å²) in [7, 11) is 3.83. The van der Waals surface area contributed by atoms with Crippen molar-refractivity contribution in [1.29, 1.82) is 0 Å². The first kappa shape index (κ1) is 14.7. The maximum atomic E-state index is 11.5. The van der Waals surface area contributed by atoms with E-state index in [9.17, 15) is 9.59 Å². The summed E-state index contributed by atoms with van der Waals surface area (Å²) in [6, 6.07) is 0. The first-order chi connectivity index (χ1) is 8.49. The summed E-state index contributed by atoms with van der Waals surface area (Å²) in [5.74, 6) is -0.699. The van der Waals surface area contributed by atoms with Crippen LogP contribution in [0.1, 0.15) is 19.3 Å².